The number of amides is 2. The van der Waals surface area contributed by atoms with E-state index < -0.39 is 0 Å². The van der Waals surface area contributed by atoms with Gasteiger partial charge in [-0.1, -0.05) is 37.3 Å². The van der Waals surface area contributed by atoms with Gasteiger partial charge >= 0.3 is 0 Å². The summed E-state index contributed by atoms with van der Waals surface area (Å²) in [6, 6.07) is 17.0. The van der Waals surface area contributed by atoms with Crippen molar-refractivity contribution < 1.29 is 9.59 Å². The molecule has 2 amide bonds. The van der Waals surface area contributed by atoms with Gasteiger partial charge in [-0.3, -0.25) is 9.59 Å². The van der Waals surface area contributed by atoms with Crippen LogP contribution in [-0.4, -0.2) is 23.1 Å². The third kappa shape index (κ3) is 5.64. The van der Waals surface area contributed by atoms with Gasteiger partial charge < -0.3 is 10.6 Å². The molecular weight excluding hydrogens is 332 g/mol. The minimum absolute atomic E-state index is 0.0869. The molecule has 0 saturated carbocycles. The Morgan fingerprint density at radius 3 is 2.32 bits per heavy atom. The minimum Gasteiger partial charge on any atom is -0.350 e. The molecule has 2 aromatic rings. The quantitative estimate of drug-likeness (QED) is 0.726. The first-order chi connectivity index (χ1) is 12.0. The molecule has 0 aliphatic rings. The summed E-state index contributed by atoms with van der Waals surface area (Å²) in [6.07, 6.45) is 0.852. The van der Waals surface area contributed by atoms with Crippen molar-refractivity contribution in [3.05, 3.63) is 60.2 Å². The Labute approximate surface area is 153 Å². The number of benzene rings is 2. The van der Waals surface area contributed by atoms with Crippen LogP contribution in [-0.2, 0) is 4.79 Å². The summed E-state index contributed by atoms with van der Waals surface area (Å²) in [5, 5.41) is 5.54. The highest BCUT2D eigenvalue weighted by molar-refractivity contribution is 8.00. The smallest absolute Gasteiger partial charge is 0.253 e. The predicted molar refractivity (Wildman–Crippen MR) is 104 cm³/mol. The number of para-hydroxylation sites is 1. The zero-order valence-corrected chi connectivity index (χ0v) is 15.6. The van der Waals surface area contributed by atoms with E-state index in [4.69, 9.17) is 0 Å². The van der Waals surface area contributed by atoms with Crippen LogP contribution in [0.3, 0.4) is 0 Å². The molecule has 2 unspecified atom stereocenters. The number of anilines is 1. The van der Waals surface area contributed by atoms with E-state index >= 15 is 0 Å². The molecule has 0 saturated heterocycles. The van der Waals surface area contributed by atoms with Gasteiger partial charge in [0.15, 0.2) is 0 Å². The van der Waals surface area contributed by atoms with Crippen molar-refractivity contribution in [3.63, 3.8) is 0 Å². The van der Waals surface area contributed by atoms with Crippen molar-refractivity contribution >= 4 is 29.3 Å². The molecule has 0 bridgehead atoms. The summed E-state index contributed by atoms with van der Waals surface area (Å²) in [6.45, 7) is 5.83. The highest BCUT2D eigenvalue weighted by atomic mass is 32.2. The normalized spacial score (nSPS) is 12.9. The van der Waals surface area contributed by atoms with Gasteiger partial charge in [0.25, 0.3) is 5.91 Å². The molecule has 0 heterocycles. The lowest BCUT2D eigenvalue weighted by Gasteiger charge is -2.16. The van der Waals surface area contributed by atoms with E-state index in [0.717, 1.165) is 11.3 Å². The number of nitrogens with one attached hydrogen (secondary N) is 2. The molecule has 0 radical (unpaired) electrons. The van der Waals surface area contributed by atoms with Crippen LogP contribution in [0.25, 0.3) is 0 Å². The van der Waals surface area contributed by atoms with Crippen molar-refractivity contribution in [2.75, 3.05) is 5.32 Å². The van der Waals surface area contributed by atoms with Crippen LogP contribution in [0.4, 0.5) is 5.69 Å². The zero-order chi connectivity index (χ0) is 18.2. The molecule has 0 aliphatic carbocycles. The average Bonchev–Trinajstić information content (AvgIpc) is 2.62. The second-order valence-electron chi connectivity index (χ2n) is 5.89. The second-order valence-corrected chi connectivity index (χ2v) is 7.30. The highest BCUT2D eigenvalue weighted by Gasteiger charge is 2.18. The standard InChI is InChI=1S/C20H24N2O2S/c1-4-14(2)21-20(24)17-12-8-9-13-18(17)22-19(23)15(3)25-16-10-6-5-7-11-16/h5-15H,4H2,1-3H3,(H,21,24)(H,22,23). The Balaban J connectivity index is 2.06. The SMILES string of the molecule is CCC(C)NC(=O)c1ccccc1NC(=O)C(C)Sc1ccccc1. The molecule has 0 aromatic heterocycles. The fraction of sp³-hybridized carbons (Fsp3) is 0.300. The lowest BCUT2D eigenvalue weighted by Crippen LogP contribution is -2.33. The van der Waals surface area contributed by atoms with Crippen LogP contribution in [0.2, 0.25) is 0 Å². The molecule has 25 heavy (non-hydrogen) atoms. The molecule has 0 aliphatic heterocycles. The maximum Gasteiger partial charge on any atom is 0.253 e. The number of carbonyl (C=O) groups is 2. The Morgan fingerprint density at radius 1 is 1.00 bits per heavy atom. The summed E-state index contributed by atoms with van der Waals surface area (Å²) in [4.78, 5) is 26.0. The summed E-state index contributed by atoms with van der Waals surface area (Å²) in [5.41, 5.74) is 1.02. The number of hydrogen-bond donors (Lipinski definition) is 2. The topological polar surface area (TPSA) is 58.2 Å². The van der Waals surface area contributed by atoms with Gasteiger partial charge in [-0.25, -0.2) is 0 Å². The largest absolute Gasteiger partial charge is 0.350 e. The van der Waals surface area contributed by atoms with Crippen molar-refractivity contribution in [3.8, 4) is 0 Å². The molecule has 2 rings (SSSR count). The molecule has 0 spiro atoms. The minimum atomic E-state index is -0.270. The first-order valence-electron chi connectivity index (χ1n) is 8.43. The Kier molecular flexibility index (Phi) is 7.07. The molecule has 2 atom stereocenters. The molecule has 2 N–H and O–H groups in total. The van der Waals surface area contributed by atoms with Gasteiger partial charge in [-0.15, -0.1) is 11.8 Å². The van der Waals surface area contributed by atoms with Gasteiger partial charge in [0, 0.05) is 10.9 Å². The van der Waals surface area contributed by atoms with E-state index in [2.05, 4.69) is 10.6 Å². The number of carbonyl (C=O) groups excluding carboxylic acids is 2. The van der Waals surface area contributed by atoms with Gasteiger partial charge in [0.05, 0.1) is 16.5 Å². The van der Waals surface area contributed by atoms with Crippen LogP contribution < -0.4 is 10.6 Å². The van der Waals surface area contributed by atoms with Gasteiger partial charge in [-0.2, -0.15) is 0 Å². The zero-order valence-electron chi connectivity index (χ0n) is 14.8. The van der Waals surface area contributed by atoms with Crippen LogP contribution in [0, 0.1) is 0 Å². The number of rotatable bonds is 7. The maximum atomic E-state index is 12.5. The summed E-state index contributed by atoms with van der Waals surface area (Å²) >= 11 is 1.49. The van der Waals surface area contributed by atoms with E-state index in [9.17, 15) is 9.59 Å². The second kappa shape index (κ2) is 9.28. The molecular formula is C20H24N2O2S. The highest BCUT2D eigenvalue weighted by Crippen LogP contribution is 2.24. The van der Waals surface area contributed by atoms with E-state index in [-0.39, 0.29) is 23.1 Å². The van der Waals surface area contributed by atoms with E-state index in [1.54, 1.807) is 18.2 Å². The van der Waals surface area contributed by atoms with Crippen LogP contribution in [0.5, 0.6) is 0 Å². The van der Waals surface area contributed by atoms with E-state index in [1.807, 2.05) is 57.2 Å². The van der Waals surface area contributed by atoms with E-state index in [0.29, 0.717) is 11.3 Å². The number of hydrogen-bond acceptors (Lipinski definition) is 3. The van der Waals surface area contributed by atoms with Crippen molar-refractivity contribution in [1.82, 2.24) is 5.32 Å². The van der Waals surface area contributed by atoms with Gasteiger partial charge in [-0.05, 0) is 44.5 Å². The van der Waals surface area contributed by atoms with Gasteiger partial charge in [0.1, 0.15) is 0 Å². The monoisotopic (exact) mass is 356 g/mol. The van der Waals surface area contributed by atoms with Crippen molar-refractivity contribution in [1.29, 1.82) is 0 Å². The third-order valence-corrected chi connectivity index (χ3v) is 4.96. The van der Waals surface area contributed by atoms with Crippen LogP contribution >= 0.6 is 11.8 Å². The predicted octanol–water partition coefficient (Wildman–Crippen LogP) is 4.33. The Hall–Kier alpha value is -2.27. The summed E-state index contributed by atoms with van der Waals surface area (Å²) < 4.78 is 0. The van der Waals surface area contributed by atoms with Crippen molar-refractivity contribution in [2.45, 2.75) is 43.4 Å². The molecule has 2 aromatic carbocycles. The summed E-state index contributed by atoms with van der Waals surface area (Å²) in [5.74, 6) is -0.300. The average molecular weight is 356 g/mol. The van der Waals surface area contributed by atoms with E-state index in [1.165, 1.54) is 11.8 Å². The molecule has 132 valence electrons. The van der Waals surface area contributed by atoms with Crippen molar-refractivity contribution in [2.24, 2.45) is 0 Å². The van der Waals surface area contributed by atoms with Gasteiger partial charge in [0.2, 0.25) is 5.91 Å². The fourth-order valence-electron chi connectivity index (χ4n) is 2.18. The maximum absolute atomic E-state index is 12.5. The third-order valence-electron chi connectivity index (χ3n) is 3.84. The molecule has 5 heteroatoms. The first kappa shape index (κ1) is 19.1. The molecule has 4 nitrogen and oxygen atoms in total. The fourth-order valence-corrected chi connectivity index (χ4v) is 3.07. The summed E-state index contributed by atoms with van der Waals surface area (Å²) in [7, 11) is 0. The lowest BCUT2D eigenvalue weighted by molar-refractivity contribution is -0.115. The Morgan fingerprint density at radius 2 is 1.64 bits per heavy atom. The number of thioether (sulfide) groups is 1. The first-order valence-corrected chi connectivity index (χ1v) is 9.31. The van der Waals surface area contributed by atoms with Crippen LogP contribution in [0.1, 0.15) is 37.6 Å². The Bertz CT molecular complexity index is 719. The lowest BCUT2D eigenvalue weighted by atomic mass is 10.1. The molecule has 0 fully saturated rings. The van der Waals surface area contributed by atoms with Crippen LogP contribution in [0.15, 0.2) is 59.5 Å².